The molecule has 1 aromatic heterocycles. The van der Waals surface area contributed by atoms with E-state index in [4.69, 9.17) is 4.74 Å². The molecule has 2 heterocycles. The number of hydrogen-bond donors (Lipinski definition) is 2. The molecule has 1 aliphatic rings. The number of carbonyl (C=O) groups excluding carboxylic acids is 1. The minimum atomic E-state index is -0.0472. The minimum absolute atomic E-state index is 0.0472. The number of aromatic nitrogens is 3. The molecule has 0 radical (unpaired) electrons. The average molecular weight is 371 g/mol. The summed E-state index contributed by atoms with van der Waals surface area (Å²) in [5.74, 6) is 1.69. The lowest BCUT2D eigenvalue weighted by molar-refractivity contribution is -0.116. The van der Waals surface area contributed by atoms with E-state index in [2.05, 4.69) is 32.8 Å². The van der Waals surface area contributed by atoms with Gasteiger partial charge in [0.2, 0.25) is 11.9 Å². The van der Waals surface area contributed by atoms with E-state index in [0.29, 0.717) is 37.9 Å². The SMILES string of the molecule is Cn1nc(C2CCNCC2)nc1NC(=O)CCCOCCc1ccccc1. The van der Waals surface area contributed by atoms with Crippen LogP contribution in [0.1, 0.15) is 43.0 Å². The van der Waals surface area contributed by atoms with Crippen molar-refractivity contribution in [3.8, 4) is 0 Å². The predicted octanol–water partition coefficient (Wildman–Crippen LogP) is 2.26. The highest BCUT2D eigenvalue weighted by atomic mass is 16.5. The molecule has 7 nitrogen and oxygen atoms in total. The first-order valence-electron chi connectivity index (χ1n) is 9.75. The molecule has 1 amide bonds. The van der Waals surface area contributed by atoms with Gasteiger partial charge in [-0.1, -0.05) is 30.3 Å². The van der Waals surface area contributed by atoms with Crippen LogP contribution in [0.3, 0.4) is 0 Å². The Balaban J connectivity index is 1.34. The second-order valence-corrected chi connectivity index (χ2v) is 6.94. The third kappa shape index (κ3) is 6.15. The van der Waals surface area contributed by atoms with Gasteiger partial charge in [-0.3, -0.25) is 10.1 Å². The van der Waals surface area contributed by atoms with Crippen molar-refractivity contribution in [3.63, 3.8) is 0 Å². The number of nitrogens with one attached hydrogen (secondary N) is 2. The number of amides is 1. The highest BCUT2D eigenvalue weighted by Gasteiger charge is 2.21. The maximum atomic E-state index is 12.1. The molecule has 1 saturated heterocycles. The zero-order chi connectivity index (χ0) is 18.9. The largest absolute Gasteiger partial charge is 0.381 e. The van der Waals surface area contributed by atoms with Crippen LogP contribution in [-0.2, 0) is 23.0 Å². The number of carbonyl (C=O) groups is 1. The molecule has 0 unspecified atom stereocenters. The first-order chi connectivity index (χ1) is 13.2. The topological polar surface area (TPSA) is 81.1 Å². The van der Waals surface area contributed by atoms with Gasteiger partial charge >= 0.3 is 0 Å². The summed E-state index contributed by atoms with van der Waals surface area (Å²) in [5.41, 5.74) is 1.27. The van der Waals surface area contributed by atoms with Gasteiger partial charge in [0.05, 0.1) is 6.61 Å². The molecule has 7 heteroatoms. The first kappa shape index (κ1) is 19.5. The smallest absolute Gasteiger partial charge is 0.227 e. The molecule has 1 fully saturated rings. The summed E-state index contributed by atoms with van der Waals surface area (Å²) in [5, 5.41) is 10.7. The Morgan fingerprint density at radius 3 is 2.81 bits per heavy atom. The summed E-state index contributed by atoms with van der Waals surface area (Å²) in [6, 6.07) is 10.3. The zero-order valence-electron chi connectivity index (χ0n) is 16.0. The molecule has 0 atom stereocenters. The average Bonchev–Trinajstić information content (AvgIpc) is 3.06. The highest BCUT2D eigenvalue weighted by Crippen LogP contribution is 2.23. The number of hydrogen-bond acceptors (Lipinski definition) is 5. The van der Waals surface area contributed by atoms with E-state index in [-0.39, 0.29) is 5.91 Å². The maximum absolute atomic E-state index is 12.1. The van der Waals surface area contributed by atoms with Crippen molar-refractivity contribution in [3.05, 3.63) is 41.7 Å². The molecule has 1 aliphatic heterocycles. The van der Waals surface area contributed by atoms with Crippen LogP contribution in [-0.4, -0.2) is 47.0 Å². The zero-order valence-corrected chi connectivity index (χ0v) is 16.0. The lowest BCUT2D eigenvalue weighted by Crippen LogP contribution is -2.27. The summed E-state index contributed by atoms with van der Waals surface area (Å²) in [4.78, 5) is 16.7. The second-order valence-electron chi connectivity index (χ2n) is 6.94. The summed E-state index contributed by atoms with van der Waals surface area (Å²) < 4.78 is 7.28. The van der Waals surface area contributed by atoms with Gasteiger partial charge in [-0.15, -0.1) is 0 Å². The van der Waals surface area contributed by atoms with Crippen molar-refractivity contribution in [1.29, 1.82) is 0 Å². The number of ether oxygens (including phenoxy) is 1. The fraction of sp³-hybridized carbons (Fsp3) is 0.550. The normalized spacial score (nSPS) is 15.0. The molecule has 0 aliphatic carbocycles. The van der Waals surface area contributed by atoms with Crippen molar-refractivity contribution in [2.75, 3.05) is 31.6 Å². The van der Waals surface area contributed by atoms with E-state index in [9.17, 15) is 4.79 Å². The standard InChI is InChI=1S/C20H29N5O2/c1-25-20(23-19(24-25)17-9-12-21-13-10-17)22-18(26)8-5-14-27-15-11-16-6-3-2-4-7-16/h2-4,6-7,17,21H,5,8-15H2,1H3,(H,22,23,24,26). The Kier molecular flexibility index (Phi) is 7.36. The van der Waals surface area contributed by atoms with E-state index in [1.165, 1.54) is 5.56 Å². The summed E-state index contributed by atoms with van der Waals surface area (Å²) in [7, 11) is 1.82. The Labute approximate surface area is 160 Å². The minimum Gasteiger partial charge on any atom is -0.381 e. The Morgan fingerprint density at radius 1 is 1.26 bits per heavy atom. The molecule has 0 bridgehead atoms. The van der Waals surface area contributed by atoms with E-state index in [1.54, 1.807) is 4.68 Å². The van der Waals surface area contributed by atoms with Gasteiger partial charge in [0.25, 0.3) is 0 Å². The van der Waals surface area contributed by atoms with Gasteiger partial charge in [0.15, 0.2) is 5.82 Å². The molecular weight excluding hydrogens is 342 g/mol. The predicted molar refractivity (Wildman–Crippen MR) is 105 cm³/mol. The van der Waals surface area contributed by atoms with Crippen LogP contribution in [0, 0.1) is 0 Å². The molecule has 146 valence electrons. The summed E-state index contributed by atoms with van der Waals surface area (Å²) >= 11 is 0. The molecule has 1 aromatic carbocycles. The number of piperidine rings is 1. The Bertz CT molecular complexity index is 710. The fourth-order valence-corrected chi connectivity index (χ4v) is 3.22. The molecule has 2 aromatic rings. The quantitative estimate of drug-likeness (QED) is 0.661. The van der Waals surface area contributed by atoms with Crippen LogP contribution in [0.2, 0.25) is 0 Å². The molecule has 27 heavy (non-hydrogen) atoms. The van der Waals surface area contributed by atoms with Gasteiger partial charge in [0.1, 0.15) is 0 Å². The van der Waals surface area contributed by atoms with Crippen LogP contribution in [0.25, 0.3) is 0 Å². The van der Waals surface area contributed by atoms with E-state index >= 15 is 0 Å². The first-order valence-corrected chi connectivity index (χ1v) is 9.75. The molecule has 2 N–H and O–H groups in total. The number of rotatable bonds is 9. The van der Waals surface area contributed by atoms with Gasteiger partial charge < -0.3 is 10.1 Å². The van der Waals surface area contributed by atoms with Crippen LogP contribution < -0.4 is 10.6 Å². The Morgan fingerprint density at radius 2 is 2.04 bits per heavy atom. The summed E-state index contributed by atoms with van der Waals surface area (Å²) in [6.07, 6.45) is 4.08. The molecule has 3 rings (SSSR count). The van der Waals surface area contributed by atoms with Crippen molar-refractivity contribution < 1.29 is 9.53 Å². The number of benzene rings is 1. The second kappa shape index (κ2) is 10.2. The van der Waals surface area contributed by atoms with Crippen molar-refractivity contribution in [2.45, 2.75) is 38.0 Å². The molecule has 0 spiro atoms. The van der Waals surface area contributed by atoms with E-state index in [0.717, 1.165) is 38.2 Å². The van der Waals surface area contributed by atoms with Crippen LogP contribution in [0.15, 0.2) is 30.3 Å². The fourth-order valence-electron chi connectivity index (χ4n) is 3.22. The van der Waals surface area contributed by atoms with Crippen LogP contribution in [0.5, 0.6) is 0 Å². The molecule has 0 saturated carbocycles. The van der Waals surface area contributed by atoms with Gasteiger partial charge in [-0.2, -0.15) is 10.1 Å². The lowest BCUT2D eigenvalue weighted by atomic mass is 9.98. The van der Waals surface area contributed by atoms with Crippen LogP contribution >= 0.6 is 0 Å². The van der Waals surface area contributed by atoms with Crippen LogP contribution in [0.4, 0.5) is 5.95 Å². The monoisotopic (exact) mass is 371 g/mol. The Hall–Kier alpha value is -2.25. The maximum Gasteiger partial charge on any atom is 0.227 e. The number of nitrogens with zero attached hydrogens (tertiary/aromatic N) is 3. The van der Waals surface area contributed by atoms with Crippen molar-refractivity contribution in [1.82, 2.24) is 20.1 Å². The van der Waals surface area contributed by atoms with Crippen molar-refractivity contribution >= 4 is 11.9 Å². The summed E-state index contributed by atoms with van der Waals surface area (Å²) in [6.45, 7) is 3.25. The third-order valence-electron chi connectivity index (χ3n) is 4.81. The van der Waals surface area contributed by atoms with Gasteiger partial charge in [-0.05, 0) is 44.3 Å². The van der Waals surface area contributed by atoms with Gasteiger partial charge in [-0.25, -0.2) is 4.68 Å². The molecular formula is C20H29N5O2. The van der Waals surface area contributed by atoms with Gasteiger partial charge in [0, 0.05) is 26.0 Å². The van der Waals surface area contributed by atoms with E-state index in [1.807, 2.05) is 25.2 Å². The van der Waals surface area contributed by atoms with Crippen molar-refractivity contribution in [2.24, 2.45) is 7.05 Å². The number of anilines is 1. The third-order valence-corrected chi connectivity index (χ3v) is 4.81. The highest BCUT2D eigenvalue weighted by molar-refractivity contribution is 5.88. The van der Waals surface area contributed by atoms with E-state index < -0.39 is 0 Å². The number of aryl methyl sites for hydroxylation is 1. The lowest BCUT2D eigenvalue weighted by Gasteiger charge is -2.19.